The first kappa shape index (κ1) is 18.3. The molecular weight excluding hydrogens is 370 g/mol. The molecule has 2 aromatic rings. The lowest BCUT2D eigenvalue weighted by atomic mass is 9.98. The number of carboxylic acids is 1. The van der Waals surface area contributed by atoms with Crippen LogP contribution >= 0.6 is 0 Å². The van der Waals surface area contributed by atoms with Gasteiger partial charge in [-0.15, -0.1) is 0 Å². The number of hydrogen-bond donors (Lipinski definition) is 1. The Bertz CT molecular complexity index is 921. The molecule has 0 aromatic heterocycles. The number of anilines is 1. The number of nitrogens with zero attached hydrogens (tertiary/aromatic N) is 1. The van der Waals surface area contributed by atoms with Crippen molar-refractivity contribution in [2.24, 2.45) is 0 Å². The van der Waals surface area contributed by atoms with E-state index in [4.69, 9.17) is 19.3 Å². The van der Waals surface area contributed by atoms with Crippen LogP contribution in [0.15, 0.2) is 36.4 Å². The molecule has 2 atom stereocenters. The number of carbonyl (C=O) groups is 1. The van der Waals surface area contributed by atoms with Crippen molar-refractivity contribution < 1.29 is 24.1 Å². The fraction of sp³-hybridized carbons (Fsp3) is 0.435. The Morgan fingerprint density at radius 2 is 2.03 bits per heavy atom. The van der Waals surface area contributed by atoms with E-state index in [-0.39, 0.29) is 18.4 Å². The molecule has 1 aliphatic carbocycles. The van der Waals surface area contributed by atoms with E-state index in [0.717, 1.165) is 56.2 Å². The highest BCUT2D eigenvalue weighted by molar-refractivity contribution is 5.69. The lowest BCUT2D eigenvalue weighted by Crippen LogP contribution is -2.36. The first-order valence-corrected chi connectivity index (χ1v) is 10.3. The molecule has 1 saturated heterocycles. The molecule has 1 N–H and O–H groups in total. The first-order chi connectivity index (χ1) is 14.2. The molecule has 3 aliphatic rings. The predicted molar refractivity (Wildman–Crippen MR) is 108 cm³/mol. The Balaban J connectivity index is 1.34. The average molecular weight is 395 g/mol. The van der Waals surface area contributed by atoms with Crippen LogP contribution in [0, 0.1) is 0 Å². The summed E-state index contributed by atoms with van der Waals surface area (Å²) < 4.78 is 17.6. The van der Waals surface area contributed by atoms with Crippen molar-refractivity contribution in [2.45, 2.75) is 31.3 Å². The monoisotopic (exact) mass is 395 g/mol. The molecule has 0 radical (unpaired) electrons. The van der Waals surface area contributed by atoms with Gasteiger partial charge in [0.15, 0.2) is 0 Å². The van der Waals surface area contributed by atoms with E-state index in [0.29, 0.717) is 6.61 Å². The lowest BCUT2D eigenvalue weighted by Gasteiger charge is -2.30. The van der Waals surface area contributed by atoms with Crippen molar-refractivity contribution in [3.8, 4) is 11.5 Å². The number of rotatable bonds is 5. The molecule has 0 spiro atoms. The molecule has 2 unspecified atom stereocenters. The van der Waals surface area contributed by atoms with Crippen molar-refractivity contribution in [2.75, 3.05) is 37.8 Å². The van der Waals surface area contributed by atoms with E-state index in [1.807, 2.05) is 18.2 Å². The predicted octanol–water partition coefficient (Wildman–Crippen LogP) is 3.54. The van der Waals surface area contributed by atoms with E-state index in [1.54, 1.807) is 0 Å². The van der Waals surface area contributed by atoms with Gasteiger partial charge in [-0.05, 0) is 36.1 Å². The molecule has 5 rings (SSSR count). The van der Waals surface area contributed by atoms with Crippen molar-refractivity contribution >= 4 is 11.7 Å². The second kappa shape index (κ2) is 7.59. The van der Waals surface area contributed by atoms with Crippen LogP contribution in [0.5, 0.6) is 11.5 Å². The zero-order valence-electron chi connectivity index (χ0n) is 16.3. The average Bonchev–Trinajstić information content (AvgIpc) is 3.32. The molecule has 0 amide bonds. The summed E-state index contributed by atoms with van der Waals surface area (Å²) in [6.45, 7) is 3.84. The van der Waals surface area contributed by atoms with Gasteiger partial charge in [0.05, 0.1) is 26.2 Å². The molecule has 6 heteroatoms. The number of aliphatic carboxylic acids is 1. The van der Waals surface area contributed by atoms with Gasteiger partial charge in [0.25, 0.3) is 0 Å². The summed E-state index contributed by atoms with van der Waals surface area (Å²) in [5, 5.41) is 9.06. The van der Waals surface area contributed by atoms with Gasteiger partial charge in [-0.3, -0.25) is 4.79 Å². The molecule has 152 valence electrons. The van der Waals surface area contributed by atoms with Gasteiger partial charge in [0.1, 0.15) is 17.6 Å². The van der Waals surface area contributed by atoms with Crippen LogP contribution in [-0.2, 0) is 16.0 Å². The van der Waals surface area contributed by atoms with Gasteiger partial charge in [-0.2, -0.15) is 0 Å². The summed E-state index contributed by atoms with van der Waals surface area (Å²) >= 11 is 0. The number of morpholine rings is 1. The minimum atomic E-state index is -0.801. The van der Waals surface area contributed by atoms with Gasteiger partial charge >= 0.3 is 5.97 Å². The maximum absolute atomic E-state index is 11.0. The largest absolute Gasteiger partial charge is 0.492 e. The highest BCUT2D eigenvalue weighted by Crippen LogP contribution is 2.42. The smallest absolute Gasteiger partial charge is 0.304 e. The summed E-state index contributed by atoms with van der Waals surface area (Å²) in [6.07, 6.45) is 2.08. The Labute approximate surface area is 170 Å². The quantitative estimate of drug-likeness (QED) is 0.835. The molecule has 2 aliphatic heterocycles. The van der Waals surface area contributed by atoms with Crippen molar-refractivity contribution in [1.82, 2.24) is 0 Å². The Kier molecular flexibility index (Phi) is 4.79. The van der Waals surface area contributed by atoms with Gasteiger partial charge in [0.2, 0.25) is 0 Å². The summed E-state index contributed by atoms with van der Waals surface area (Å²) in [5.41, 5.74) is 4.92. The van der Waals surface area contributed by atoms with Crippen LogP contribution in [0.25, 0.3) is 0 Å². The first-order valence-electron chi connectivity index (χ1n) is 10.3. The van der Waals surface area contributed by atoms with Gasteiger partial charge in [-0.25, -0.2) is 0 Å². The second-order valence-electron chi connectivity index (χ2n) is 7.89. The normalized spacial score (nSPS) is 22.7. The molecule has 29 heavy (non-hydrogen) atoms. The zero-order chi connectivity index (χ0) is 19.8. The van der Waals surface area contributed by atoms with Crippen LogP contribution in [0.3, 0.4) is 0 Å². The van der Waals surface area contributed by atoms with Crippen molar-refractivity contribution in [1.29, 1.82) is 0 Å². The Morgan fingerprint density at radius 3 is 2.86 bits per heavy atom. The second-order valence-corrected chi connectivity index (χ2v) is 7.89. The highest BCUT2D eigenvalue weighted by Gasteiger charge is 2.30. The Hall–Kier alpha value is -2.73. The number of ether oxygens (including phenoxy) is 3. The maximum Gasteiger partial charge on any atom is 0.304 e. The van der Waals surface area contributed by atoms with Crippen molar-refractivity contribution in [3.05, 3.63) is 53.1 Å². The fourth-order valence-electron chi connectivity index (χ4n) is 4.69. The van der Waals surface area contributed by atoms with Crippen LogP contribution in [0.2, 0.25) is 0 Å². The topological polar surface area (TPSA) is 68.2 Å². The minimum absolute atomic E-state index is 0.0280. The third kappa shape index (κ3) is 3.53. The zero-order valence-corrected chi connectivity index (χ0v) is 16.3. The third-order valence-corrected chi connectivity index (χ3v) is 6.11. The van der Waals surface area contributed by atoms with Crippen LogP contribution in [-0.4, -0.2) is 44.0 Å². The summed E-state index contributed by atoms with van der Waals surface area (Å²) in [7, 11) is 0. The van der Waals surface area contributed by atoms with E-state index in [1.165, 1.54) is 16.8 Å². The summed E-state index contributed by atoms with van der Waals surface area (Å²) in [4.78, 5) is 13.4. The van der Waals surface area contributed by atoms with Gasteiger partial charge in [-0.1, -0.05) is 18.2 Å². The van der Waals surface area contributed by atoms with E-state index in [2.05, 4.69) is 23.1 Å². The fourth-order valence-corrected chi connectivity index (χ4v) is 4.69. The summed E-state index contributed by atoms with van der Waals surface area (Å²) in [6, 6.07) is 12.3. The van der Waals surface area contributed by atoms with Gasteiger partial charge in [0, 0.05) is 36.3 Å². The van der Waals surface area contributed by atoms with E-state index >= 15 is 0 Å². The molecule has 6 nitrogen and oxygen atoms in total. The minimum Gasteiger partial charge on any atom is -0.492 e. The number of hydrogen-bond acceptors (Lipinski definition) is 5. The Morgan fingerprint density at radius 1 is 1.17 bits per heavy atom. The molecule has 2 aromatic carbocycles. The molecule has 0 saturated carbocycles. The molecule has 2 heterocycles. The van der Waals surface area contributed by atoms with Crippen LogP contribution in [0.1, 0.15) is 41.6 Å². The standard InChI is InChI=1S/C23H25NO5/c25-23(26)12-15-14-28-22-13-16(4-5-17(15)22)29-21-7-6-18-19(21)2-1-3-20(18)24-8-10-27-11-9-24/h1-5,13,15,21H,6-12,14H2,(H,25,26). The summed E-state index contributed by atoms with van der Waals surface area (Å²) in [5.74, 6) is 0.633. The molecule has 1 fully saturated rings. The SMILES string of the molecule is O=C(O)CC1COc2cc(OC3CCc4c3cccc4N3CCOCC3)ccc21. The third-order valence-electron chi connectivity index (χ3n) is 6.11. The van der Waals surface area contributed by atoms with E-state index in [9.17, 15) is 4.79 Å². The number of fused-ring (bicyclic) bond motifs is 2. The van der Waals surface area contributed by atoms with Crippen LogP contribution in [0.4, 0.5) is 5.69 Å². The molecular formula is C23H25NO5. The van der Waals surface area contributed by atoms with Crippen molar-refractivity contribution in [3.63, 3.8) is 0 Å². The highest BCUT2D eigenvalue weighted by atomic mass is 16.5. The lowest BCUT2D eigenvalue weighted by molar-refractivity contribution is -0.137. The van der Waals surface area contributed by atoms with Gasteiger partial charge < -0.3 is 24.2 Å². The number of carboxylic acid groups (broad SMARTS) is 1. The van der Waals surface area contributed by atoms with E-state index < -0.39 is 5.97 Å². The maximum atomic E-state index is 11.0. The van der Waals surface area contributed by atoms with Crippen LogP contribution < -0.4 is 14.4 Å². The number of benzene rings is 2. The molecule has 0 bridgehead atoms.